The Morgan fingerprint density at radius 2 is 1.14 bits per heavy atom. The van der Waals surface area contributed by atoms with Crippen molar-refractivity contribution in [1.82, 2.24) is 0 Å². The molecule has 1 aliphatic heterocycles. The number of alkyl halides is 2. The van der Waals surface area contributed by atoms with E-state index in [0.717, 1.165) is 0 Å². The molecule has 1 heterocycles. The van der Waals surface area contributed by atoms with Gasteiger partial charge in [-0.3, -0.25) is 0 Å². The molecule has 0 aromatic heterocycles. The van der Waals surface area contributed by atoms with Crippen molar-refractivity contribution >= 4 is 26.5 Å². The molecule has 1 fully saturated rings. The second-order valence-corrected chi connectivity index (χ2v) is 25.1. The van der Waals surface area contributed by atoms with E-state index in [4.69, 9.17) is 13.6 Å². The van der Waals surface area contributed by atoms with Gasteiger partial charge >= 0.3 is 11.0 Å². The third-order valence-electron chi connectivity index (χ3n) is 8.17. The molecule has 1 N–H and O–H groups in total. The smallest absolute Gasteiger partial charge is 0.342 e. The first kappa shape index (κ1) is 33.1. The lowest BCUT2D eigenvalue weighted by molar-refractivity contribution is -0.229. The van der Waals surface area contributed by atoms with E-state index in [1.165, 1.54) is 0 Å². The maximum absolute atomic E-state index is 15.9. The molecule has 0 saturated carbocycles. The summed E-state index contributed by atoms with van der Waals surface area (Å²) in [6.07, 6.45) is -2.82. The molecule has 35 heavy (non-hydrogen) atoms. The molecular formula is C24H50F2O6SSi2. The Labute approximate surface area is 214 Å². The molecule has 0 aromatic carbocycles. The third-order valence-corrected chi connectivity index (χ3v) is 21.7. The lowest BCUT2D eigenvalue weighted by Gasteiger charge is -2.46. The van der Waals surface area contributed by atoms with Gasteiger partial charge in [0.25, 0.3) is 0 Å². The van der Waals surface area contributed by atoms with Crippen LogP contribution < -0.4 is 0 Å². The van der Waals surface area contributed by atoms with Crippen LogP contribution in [0.3, 0.4) is 0 Å². The number of hydrogen-bond donors (Lipinski definition) is 1. The highest BCUT2D eigenvalue weighted by Gasteiger charge is 2.75. The molecule has 0 aliphatic carbocycles. The van der Waals surface area contributed by atoms with E-state index in [2.05, 4.69) is 41.5 Å². The van der Waals surface area contributed by atoms with Gasteiger partial charge in [0.05, 0.1) is 6.61 Å². The van der Waals surface area contributed by atoms with Crippen LogP contribution in [0.5, 0.6) is 0 Å². The normalized spacial score (nSPS) is 26.3. The van der Waals surface area contributed by atoms with Gasteiger partial charge in [-0.2, -0.15) is 8.78 Å². The van der Waals surface area contributed by atoms with Crippen molar-refractivity contribution in [1.29, 1.82) is 0 Å². The summed E-state index contributed by atoms with van der Waals surface area (Å²) in [5.41, 5.74) is 0.487. The summed E-state index contributed by atoms with van der Waals surface area (Å²) in [6, 6.07) is 0. The van der Waals surface area contributed by atoms with E-state index in [9.17, 15) is 13.5 Å². The van der Waals surface area contributed by atoms with Crippen LogP contribution in [0.1, 0.15) is 83.1 Å². The molecule has 0 bridgehead atoms. The minimum atomic E-state index is -4.72. The highest BCUT2D eigenvalue weighted by molar-refractivity contribution is 7.91. The number of sulfone groups is 1. The van der Waals surface area contributed by atoms with E-state index in [1.807, 2.05) is 41.5 Å². The zero-order valence-electron chi connectivity index (χ0n) is 24.0. The number of halogens is 2. The molecule has 0 aromatic rings. The van der Waals surface area contributed by atoms with E-state index < -0.39 is 49.7 Å². The average molecular weight is 561 g/mol. The standard InChI is InChI=1S/C24H50F2O6SSi2/c1-15(2)34(16(3)4,17(5)6)30-14-21-22(23(25,26)24(27,31-21)33(13,28)29)32-35(18(7)8,19(9)10)20(11)12/h15-22,27H,14H2,1-13H3/t21-,22-,24?/m1/s1. The zero-order valence-corrected chi connectivity index (χ0v) is 26.8. The van der Waals surface area contributed by atoms with Crippen LogP contribution in [-0.2, 0) is 23.4 Å². The van der Waals surface area contributed by atoms with Gasteiger partial charge in [0.2, 0.25) is 18.2 Å². The highest BCUT2D eigenvalue weighted by atomic mass is 32.2. The Balaban J connectivity index is 3.66. The van der Waals surface area contributed by atoms with E-state index in [0.29, 0.717) is 6.26 Å². The largest absolute Gasteiger partial charge is 0.413 e. The van der Waals surface area contributed by atoms with Crippen molar-refractivity contribution in [3.05, 3.63) is 0 Å². The van der Waals surface area contributed by atoms with Crippen LogP contribution in [0.4, 0.5) is 8.78 Å². The van der Waals surface area contributed by atoms with Gasteiger partial charge in [0.15, 0.2) is 8.32 Å². The minimum Gasteiger partial charge on any atom is -0.413 e. The summed E-state index contributed by atoms with van der Waals surface area (Å²) in [6.45, 7) is 23.9. The van der Waals surface area contributed by atoms with Crippen molar-refractivity contribution in [3.63, 3.8) is 0 Å². The summed E-state index contributed by atoms with van der Waals surface area (Å²) in [4.78, 5) is 0. The highest BCUT2D eigenvalue weighted by Crippen LogP contribution is 2.52. The molecule has 1 unspecified atom stereocenters. The summed E-state index contributed by atoms with van der Waals surface area (Å²) >= 11 is 0. The summed E-state index contributed by atoms with van der Waals surface area (Å²) in [7, 11) is -10.1. The molecule has 210 valence electrons. The number of aliphatic hydroxyl groups is 1. The molecule has 3 atom stereocenters. The van der Waals surface area contributed by atoms with Crippen molar-refractivity contribution in [2.24, 2.45) is 0 Å². The van der Waals surface area contributed by atoms with E-state index >= 15 is 8.78 Å². The van der Waals surface area contributed by atoms with E-state index in [1.54, 1.807) is 0 Å². The molecule has 11 heteroatoms. The molecule has 1 aliphatic rings. The first-order chi connectivity index (χ1) is 15.6. The third kappa shape index (κ3) is 5.47. The number of ether oxygens (including phenoxy) is 1. The lowest BCUT2D eigenvalue weighted by Crippen LogP contribution is -2.60. The van der Waals surface area contributed by atoms with Gasteiger partial charge in [-0.05, 0) is 33.2 Å². The van der Waals surface area contributed by atoms with Crippen LogP contribution >= 0.6 is 0 Å². The monoisotopic (exact) mass is 560 g/mol. The van der Waals surface area contributed by atoms with Gasteiger partial charge in [-0.25, -0.2) is 8.42 Å². The van der Waals surface area contributed by atoms with Crippen LogP contribution in [-0.4, -0.2) is 66.3 Å². The number of rotatable bonds is 12. The van der Waals surface area contributed by atoms with Crippen molar-refractivity contribution in [2.75, 3.05) is 12.9 Å². The summed E-state index contributed by atoms with van der Waals surface area (Å²) in [5, 5.41) is 7.12. The molecule has 1 rings (SSSR count). The topological polar surface area (TPSA) is 82.1 Å². The van der Waals surface area contributed by atoms with Crippen molar-refractivity contribution < 1.29 is 35.9 Å². The average Bonchev–Trinajstić information content (AvgIpc) is 2.84. The first-order valence-corrected chi connectivity index (χ1v) is 19.0. The molecule has 1 saturated heterocycles. The van der Waals surface area contributed by atoms with Crippen LogP contribution in [0.25, 0.3) is 0 Å². The second-order valence-electron chi connectivity index (χ2n) is 12.1. The van der Waals surface area contributed by atoms with Gasteiger partial charge in [-0.15, -0.1) is 0 Å². The first-order valence-electron chi connectivity index (χ1n) is 12.9. The maximum Gasteiger partial charge on any atom is 0.342 e. The molecule has 0 radical (unpaired) electrons. The van der Waals surface area contributed by atoms with Gasteiger partial charge in [0.1, 0.15) is 12.2 Å². The molecule has 6 nitrogen and oxygen atoms in total. The van der Waals surface area contributed by atoms with Crippen LogP contribution in [0.2, 0.25) is 33.2 Å². The van der Waals surface area contributed by atoms with Gasteiger partial charge < -0.3 is 18.7 Å². The second kappa shape index (κ2) is 11.1. The summed E-state index contributed by atoms with van der Waals surface area (Å²) < 4.78 is 75.0. The lowest BCUT2D eigenvalue weighted by atomic mass is 10.1. The van der Waals surface area contributed by atoms with Crippen molar-refractivity contribution in [2.45, 2.75) is 140 Å². The Morgan fingerprint density at radius 3 is 1.43 bits per heavy atom. The van der Waals surface area contributed by atoms with E-state index in [-0.39, 0.29) is 39.9 Å². The number of hydrogen-bond acceptors (Lipinski definition) is 6. The Bertz CT molecular complexity index is 773. The Morgan fingerprint density at radius 1 is 0.800 bits per heavy atom. The molecular weight excluding hydrogens is 510 g/mol. The van der Waals surface area contributed by atoms with Crippen LogP contribution in [0.15, 0.2) is 0 Å². The minimum absolute atomic E-state index is 0.0257. The fraction of sp³-hybridized carbons (Fsp3) is 1.00. The fourth-order valence-electron chi connectivity index (χ4n) is 6.72. The van der Waals surface area contributed by atoms with Gasteiger partial charge in [-0.1, -0.05) is 83.1 Å². The predicted molar refractivity (Wildman–Crippen MR) is 143 cm³/mol. The fourth-order valence-corrected chi connectivity index (χ4v) is 18.6. The summed E-state index contributed by atoms with van der Waals surface area (Å²) in [5.74, 6) is -4.18. The maximum atomic E-state index is 15.9. The van der Waals surface area contributed by atoms with Gasteiger partial charge in [0, 0.05) is 6.26 Å². The Kier molecular flexibility index (Phi) is 10.5. The SMILES string of the molecule is CC(C)[Si](OC[C@H]1OC(O)(S(C)(=O)=O)C(F)(F)[C@@H]1O[Si](C(C)C)(C(C)C)C(C)C)(C(C)C)C(C)C. The quantitative estimate of drug-likeness (QED) is 0.276. The van der Waals surface area contributed by atoms with Crippen LogP contribution in [0, 0.1) is 0 Å². The van der Waals surface area contributed by atoms with Crippen molar-refractivity contribution in [3.8, 4) is 0 Å². The predicted octanol–water partition coefficient (Wildman–Crippen LogP) is 6.46. The molecule has 0 amide bonds. The Hall–Kier alpha value is 0.0838. The zero-order chi connectivity index (χ0) is 27.9. The molecule has 0 spiro atoms.